The Hall–Kier alpha value is -3.88. The predicted octanol–water partition coefficient (Wildman–Crippen LogP) is 1.70. The number of pyridine rings is 1. The lowest BCUT2D eigenvalue weighted by Crippen LogP contribution is -2.40. The van der Waals surface area contributed by atoms with Gasteiger partial charge in [0.15, 0.2) is 11.5 Å². The SMILES string of the molecule is Cc1ccc2nc(CN3C(=O)N[C@@](C)(c4ccc5c(c4)OCO5)C3=O)cc(=O)n2c1. The highest BCUT2D eigenvalue weighted by molar-refractivity contribution is 6.07. The first-order valence-electron chi connectivity index (χ1n) is 9.38. The van der Waals surface area contributed by atoms with Gasteiger partial charge in [-0.15, -0.1) is 0 Å². The van der Waals surface area contributed by atoms with Crippen LogP contribution in [-0.4, -0.2) is 33.0 Å². The van der Waals surface area contributed by atoms with Crippen LogP contribution in [0.2, 0.25) is 0 Å². The van der Waals surface area contributed by atoms with Gasteiger partial charge in [-0.1, -0.05) is 12.1 Å². The molecule has 0 radical (unpaired) electrons. The first-order valence-corrected chi connectivity index (χ1v) is 9.38. The second-order valence-electron chi connectivity index (χ2n) is 7.53. The topological polar surface area (TPSA) is 102 Å². The number of rotatable bonds is 3. The molecule has 30 heavy (non-hydrogen) atoms. The number of fused-ring (bicyclic) bond motifs is 2. The smallest absolute Gasteiger partial charge is 0.325 e. The number of benzene rings is 1. The van der Waals surface area contributed by atoms with E-state index in [1.165, 1.54) is 10.5 Å². The average Bonchev–Trinajstić information content (AvgIpc) is 3.27. The van der Waals surface area contributed by atoms with E-state index in [4.69, 9.17) is 9.47 Å². The normalized spacial score (nSPS) is 20.1. The van der Waals surface area contributed by atoms with E-state index in [-0.39, 0.29) is 18.9 Å². The zero-order valence-electron chi connectivity index (χ0n) is 16.3. The third kappa shape index (κ3) is 2.70. The quantitative estimate of drug-likeness (QED) is 0.665. The molecule has 2 aliphatic rings. The zero-order chi connectivity index (χ0) is 21.0. The summed E-state index contributed by atoms with van der Waals surface area (Å²) in [5, 5.41) is 2.75. The molecule has 0 unspecified atom stereocenters. The van der Waals surface area contributed by atoms with E-state index >= 15 is 0 Å². The summed E-state index contributed by atoms with van der Waals surface area (Å²) in [4.78, 5) is 43.8. The summed E-state index contributed by atoms with van der Waals surface area (Å²) in [7, 11) is 0. The molecule has 9 nitrogen and oxygen atoms in total. The van der Waals surface area contributed by atoms with Gasteiger partial charge in [-0.25, -0.2) is 9.78 Å². The van der Waals surface area contributed by atoms with Crippen molar-refractivity contribution in [3.05, 3.63) is 69.8 Å². The molecule has 1 saturated heterocycles. The van der Waals surface area contributed by atoms with Crippen LogP contribution < -0.4 is 20.3 Å². The zero-order valence-corrected chi connectivity index (χ0v) is 16.3. The molecular weight excluding hydrogens is 388 g/mol. The third-order valence-electron chi connectivity index (χ3n) is 5.41. The molecule has 9 heteroatoms. The van der Waals surface area contributed by atoms with E-state index in [1.54, 1.807) is 37.4 Å². The van der Waals surface area contributed by atoms with Crippen LogP contribution in [0.4, 0.5) is 4.79 Å². The summed E-state index contributed by atoms with van der Waals surface area (Å²) < 4.78 is 12.1. The molecule has 1 aromatic carbocycles. The molecule has 3 amide bonds. The number of hydrogen-bond acceptors (Lipinski definition) is 6. The summed E-state index contributed by atoms with van der Waals surface area (Å²) in [5.74, 6) is 0.679. The minimum absolute atomic E-state index is 0.107. The Morgan fingerprint density at radius 3 is 2.73 bits per heavy atom. The van der Waals surface area contributed by atoms with Crippen LogP contribution >= 0.6 is 0 Å². The number of ether oxygens (including phenoxy) is 2. The van der Waals surface area contributed by atoms with Crippen molar-refractivity contribution in [3.63, 3.8) is 0 Å². The maximum absolute atomic E-state index is 13.2. The van der Waals surface area contributed by atoms with Gasteiger partial charge in [0.2, 0.25) is 6.79 Å². The van der Waals surface area contributed by atoms with Crippen molar-refractivity contribution in [2.24, 2.45) is 0 Å². The predicted molar refractivity (Wildman–Crippen MR) is 105 cm³/mol. The van der Waals surface area contributed by atoms with Crippen molar-refractivity contribution in [3.8, 4) is 11.5 Å². The molecule has 3 aromatic rings. The maximum atomic E-state index is 13.2. The van der Waals surface area contributed by atoms with E-state index in [0.717, 1.165) is 10.5 Å². The summed E-state index contributed by atoms with van der Waals surface area (Å²) in [6, 6.07) is 9.47. The summed E-state index contributed by atoms with van der Waals surface area (Å²) in [6.07, 6.45) is 1.69. The van der Waals surface area contributed by atoms with E-state index in [2.05, 4.69) is 10.3 Å². The van der Waals surface area contributed by atoms with Gasteiger partial charge in [0.05, 0.1) is 12.2 Å². The lowest BCUT2D eigenvalue weighted by atomic mass is 9.91. The molecular formula is C21H18N4O5. The van der Waals surface area contributed by atoms with Gasteiger partial charge >= 0.3 is 6.03 Å². The summed E-state index contributed by atoms with van der Waals surface area (Å²) in [5.41, 5.74) is 0.753. The van der Waals surface area contributed by atoms with Gasteiger partial charge in [-0.05, 0) is 43.2 Å². The van der Waals surface area contributed by atoms with Crippen LogP contribution in [0, 0.1) is 6.92 Å². The number of amides is 3. The van der Waals surface area contributed by atoms with E-state index in [9.17, 15) is 14.4 Å². The Labute approximate surface area is 170 Å². The highest BCUT2D eigenvalue weighted by atomic mass is 16.7. The van der Waals surface area contributed by atoms with E-state index < -0.39 is 17.5 Å². The van der Waals surface area contributed by atoms with Gasteiger partial charge in [0, 0.05) is 12.3 Å². The number of aromatic nitrogens is 2. The van der Waals surface area contributed by atoms with Crippen LogP contribution in [0.1, 0.15) is 23.7 Å². The largest absolute Gasteiger partial charge is 0.454 e. The Kier molecular flexibility index (Phi) is 3.82. The van der Waals surface area contributed by atoms with Gasteiger partial charge in [-0.3, -0.25) is 18.9 Å². The molecule has 4 heterocycles. The molecule has 1 N–H and O–H groups in total. The third-order valence-corrected chi connectivity index (χ3v) is 5.41. The number of aryl methyl sites for hydroxylation is 1. The van der Waals surface area contributed by atoms with E-state index in [0.29, 0.717) is 28.4 Å². The number of carbonyl (C=O) groups excluding carboxylic acids is 2. The van der Waals surface area contributed by atoms with Gasteiger partial charge in [0.25, 0.3) is 11.5 Å². The first kappa shape index (κ1) is 18.2. The Bertz CT molecular complexity index is 1280. The highest BCUT2D eigenvalue weighted by Gasteiger charge is 2.49. The second-order valence-corrected chi connectivity index (χ2v) is 7.53. The summed E-state index contributed by atoms with van der Waals surface area (Å²) in [6.45, 7) is 3.52. The van der Waals surface area contributed by atoms with Crippen molar-refractivity contribution >= 4 is 17.6 Å². The van der Waals surface area contributed by atoms with Crippen molar-refractivity contribution in [2.75, 3.05) is 6.79 Å². The Morgan fingerprint density at radius 1 is 1.10 bits per heavy atom. The maximum Gasteiger partial charge on any atom is 0.325 e. The number of nitrogens with one attached hydrogen (secondary N) is 1. The minimum Gasteiger partial charge on any atom is -0.454 e. The number of urea groups is 1. The van der Waals surface area contributed by atoms with Crippen molar-refractivity contribution in [2.45, 2.75) is 25.9 Å². The minimum atomic E-state index is -1.26. The molecule has 1 atom stereocenters. The molecule has 1 fully saturated rings. The Morgan fingerprint density at radius 2 is 1.90 bits per heavy atom. The fourth-order valence-corrected chi connectivity index (χ4v) is 3.74. The molecule has 0 bridgehead atoms. The average molecular weight is 406 g/mol. The second kappa shape index (κ2) is 6.31. The molecule has 2 aromatic heterocycles. The van der Waals surface area contributed by atoms with Crippen molar-refractivity contribution < 1.29 is 19.1 Å². The Balaban J connectivity index is 1.47. The fraction of sp³-hybridized carbons (Fsp3) is 0.238. The fourth-order valence-electron chi connectivity index (χ4n) is 3.74. The molecule has 152 valence electrons. The molecule has 0 spiro atoms. The van der Waals surface area contributed by atoms with Crippen LogP contribution in [0.25, 0.3) is 5.65 Å². The van der Waals surface area contributed by atoms with Crippen LogP contribution in [0.3, 0.4) is 0 Å². The highest BCUT2D eigenvalue weighted by Crippen LogP contribution is 2.38. The summed E-state index contributed by atoms with van der Waals surface area (Å²) >= 11 is 0. The monoisotopic (exact) mass is 406 g/mol. The van der Waals surface area contributed by atoms with Gasteiger partial charge in [-0.2, -0.15) is 0 Å². The number of hydrogen-bond donors (Lipinski definition) is 1. The lowest BCUT2D eigenvalue weighted by Gasteiger charge is -2.22. The van der Waals surface area contributed by atoms with Gasteiger partial charge in [0.1, 0.15) is 11.2 Å². The van der Waals surface area contributed by atoms with E-state index in [1.807, 2.05) is 13.0 Å². The van der Waals surface area contributed by atoms with Crippen LogP contribution in [0.5, 0.6) is 11.5 Å². The van der Waals surface area contributed by atoms with Gasteiger partial charge < -0.3 is 14.8 Å². The van der Waals surface area contributed by atoms with Crippen molar-refractivity contribution in [1.82, 2.24) is 19.6 Å². The molecule has 0 saturated carbocycles. The standard InChI is InChI=1S/C21H18N4O5/c1-12-3-6-17-22-14(8-18(26)24(17)9-12)10-25-19(27)21(2,23-20(25)28)13-4-5-15-16(7-13)30-11-29-15/h3-9H,10-11H2,1-2H3,(H,23,28)/t21-/m0/s1. The number of imide groups is 1. The van der Waals surface area contributed by atoms with Crippen LogP contribution in [-0.2, 0) is 16.9 Å². The molecule has 5 rings (SSSR count). The van der Waals surface area contributed by atoms with Crippen LogP contribution in [0.15, 0.2) is 47.4 Å². The number of nitrogens with zero attached hydrogens (tertiary/aromatic N) is 3. The molecule has 2 aliphatic heterocycles. The van der Waals surface area contributed by atoms with Crippen molar-refractivity contribution in [1.29, 1.82) is 0 Å². The lowest BCUT2D eigenvalue weighted by molar-refractivity contribution is -0.131. The first-order chi connectivity index (χ1) is 14.3. The molecule has 0 aliphatic carbocycles. The number of carbonyl (C=O) groups is 2.